The lowest BCUT2D eigenvalue weighted by atomic mass is 10.2. The zero-order valence-corrected chi connectivity index (χ0v) is 14.0. The maximum atomic E-state index is 12.8. The molecule has 4 nitrogen and oxygen atoms in total. The van der Waals surface area contributed by atoms with Gasteiger partial charge in [0.15, 0.2) is 0 Å². The first-order chi connectivity index (χ1) is 10.4. The van der Waals surface area contributed by atoms with E-state index in [2.05, 4.69) is 15.9 Å². The molecule has 0 amide bonds. The van der Waals surface area contributed by atoms with E-state index in [0.29, 0.717) is 15.6 Å². The van der Waals surface area contributed by atoms with Gasteiger partial charge in [0.1, 0.15) is 0 Å². The molecule has 0 saturated heterocycles. The van der Waals surface area contributed by atoms with Crippen LogP contribution in [0.5, 0.6) is 0 Å². The minimum absolute atomic E-state index is 0.217. The number of nitrogens with zero attached hydrogens (tertiary/aromatic N) is 2. The summed E-state index contributed by atoms with van der Waals surface area (Å²) in [6.45, 7) is 1.90. The van der Waals surface area contributed by atoms with Crippen molar-refractivity contribution in [3.8, 4) is 6.07 Å². The Kier molecular flexibility index (Phi) is 3.55. The Labute approximate surface area is 136 Å². The van der Waals surface area contributed by atoms with Gasteiger partial charge in [-0.05, 0) is 37.3 Å². The highest BCUT2D eigenvalue weighted by molar-refractivity contribution is 9.10. The molecule has 3 rings (SSSR count). The van der Waals surface area contributed by atoms with Gasteiger partial charge in [-0.3, -0.25) is 0 Å². The SMILES string of the molecule is Cc1ccc(S(=O)(=O)n2ccc3c(Br)cc(C#N)cc32)cc1. The van der Waals surface area contributed by atoms with E-state index >= 15 is 0 Å². The standard InChI is InChI=1S/C16H11BrN2O2S/c1-11-2-4-13(5-3-11)22(20,21)19-7-6-14-15(17)8-12(10-18)9-16(14)19/h2-9H,1H3. The minimum Gasteiger partial charge on any atom is -0.241 e. The Hall–Kier alpha value is -2.10. The molecule has 0 saturated carbocycles. The van der Waals surface area contributed by atoms with Crippen molar-refractivity contribution in [2.45, 2.75) is 11.8 Å². The summed E-state index contributed by atoms with van der Waals surface area (Å²) < 4.78 is 27.5. The van der Waals surface area contributed by atoms with E-state index in [1.807, 2.05) is 13.0 Å². The van der Waals surface area contributed by atoms with Crippen LogP contribution < -0.4 is 0 Å². The van der Waals surface area contributed by atoms with Crippen LogP contribution in [0.1, 0.15) is 11.1 Å². The van der Waals surface area contributed by atoms with Crippen molar-refractivity contribution in [3.63, 3.8) is 0 Å². The van der Waals surface area contributed by atoms with Gasteiger partial charge in [-0.25, -0.2) is 12.4 Å². The Bertz CT molecular complexity index is 1010. The van der Waals surface area contributed by atoms with Crippen LogP contribution in [-0.2, 0) is 10.0 Å². The summed E-state index contributed by atoms with van der Waals surface area (Å²) in [5, 5.41) is 9.82. The fraction of sp³-hybridized carbons (Fsp3) is 0.0625. The van der Waals surface area contributed by atoms with E-state index in [1.165, 1.54) is 10.2 Å². The third-order valence-electron chi connectivity index (χ3n) is 3.43. The van der Waals surface area contributed by atoms with Gasteiger partial charge >= 0.3 is 0 Å². The lowest BCUT2D eigenvalue weighted by Crippen LogP contribution is -2.11. The highest BCUT2D eigenvalue weighted by atomic mass is 79.9. The molecule has 0 atom stereocenters. The van der Waals surface area contributed by atoms with E-state index in [0.717, 1.165) is 10.9 Å². The van der Waals surface area contributed by atoms with Gasteiger partial charge in [0, 0.05) is 16.1 Å². The van der Waals surface area contributed by atoms with Crippen LogP contribution in [0, 0.1) is 18.3 Å². The molecule has 2 aromatic carbocycles. The number of halogens is 1. The van der Waals surface area contributed by atoms with E-state index < -0.39 is 10.0 Å². The quantitative estimate of drug-likeness (QED) is 0.684. The predicted molar refractivity (Wildman–Crippen MR) is 88.1 cm³/mol. The number of fused-ring (bicyclic) bond motifs is 1. The van der Waals surface area contributed by atoms with E-state index in [-0.39, 0.29) is 4.90 Å². The first-order valence-electron chi connectivity index (χ1n) is 6.46. The number of hydrogen-bond donors (Lipinski definition) is 0. The molecule has 6 heteroatoms. The lowest BCUT2D eigenvalue weighted by Gasteiger charge is -2.08. The summed E-state index contributed by atoms with van der Waals surface area (Å²) in [7, 11) is -3.69. The van der Waals surface area contributed by atoms with Crippen molar-refractivity contribution < 1.29 is 8.42 Å². The van der Waals surface area contributed by atoms with Gasteiger partial charge in [-0.2, -0.15) is 5.26 Å². The molecule has 1 aromatic heterocycles. The fourth-order valence-corrected chi connectivity index (χ4v) is 4.19. The van der Waals surface area contributed by atoms with Crippen molar-refractivity contribution in [1.29, 1.82) is 5.26 Å². The maximum absolute atomic E-state index is 12.8. The van der Waals surface area contributed by atoms with Crippen molar-refractivity contribution in [2.75, 3.05) is 0 Å². The molecule has 0 aliphatic heterocycles. The first kappa shape index (κ1) is 14.8. The Morgan fingerprint density at radius 3 is 2.45 bits per heavy atom. The van der Waals surface area contributed by atoms with Crippen LogP contribution >= 0.6 is 15.9 Å². The van der Waals surface area contributed by atoms with E-state index in [9.17, 15) is 8.42 Å². The molecule has 1 heterocycles. The topological polar surface area (TPSA) is 62.9 Å². The zero-order chi connectivity index (χ0) is 15.9. The van der Waals surface area contributed by atoms with Gasteiger partial charge in [0.05, 0.1) is 22.0 Å². The van der Waals surface area contributed by atoms with Crippen LogP contribution in [-0.4, -0.2) is 12.4 Å². The molecular formula is C16H11BrN2O2S. The average Bonchev–Trinajstić information content (AvgIpc) is 2.92. The van der Waals surface area contributed by atoms with Crippen LogP contribution in [0.25, 0.3) is 10.9 Å². The number of aromatic nitrogens is 1. The predicted octanol–water partition coefficient (Wildman–Crippen LogP) is 3.82. The molecule has 3 aromatic rings. The van der Waals surface area contributed by atoms with Crippen molar-refractivity contribution in [2.24, 2.45) is 0 Å². The summed E-state index contributed by atoms with van der Waals surface area (Å²) >= 11 is 3.38. The fourth-order valence-electron chi connectivity index (χ4n) is 2.27. The second-order valence-corrected chi connectivity index (χ2v) is 7.60. The van der Waals surface area contributed by atoms with Crippen LogP contribution in [0.2, 0.25) is 0 Å². The molecule has 0 aliphatic rings. The van der Waals surface area contributed by atoms with Gasteiger partial charge in [0.2, 0.25) is 0 Å². The molecule has 0 unspecified atom stereocenters. The number of hydrogen-bond acceptors (Lipinski definition) is 3. The molecular weight excluding hydrogens is 364 g/mol. The van der Waals surface area contributed by atoms with Gasteiger partial charge in [0.25, 0.3) is 10.0 Å². The first-order valence-corrected chi connectivity index (χ1v) is 8.70. The largest absolute Gasteiger partial charge is 0.268 e. The second-order valence-electron chi connectivity index (χ2n) is 4.93. The molecule has 110 valence electrons. The average molecular weight is 375 g/mol. The molecule has 0 fully saturated rings. The molecule has 0 aliphatic carbocycles. The van der Waals surface area contributed by atoms with Gasteiger partial charge in [-0.15, -0.1) is 0 Å². The third kappa shape index (κ3) is 2.32. The summed E-state index contributed by atoms with van der Waals surface area (Å²) in [5.74, 6) is 0. The Morgan fingerprint density at radius 1 is 1.14 bits per heavy atom. The van der Waals surface area contributed by atoms with E-state index in [1.54, 1.807) is 42.5 Å². The summed E-state index contributed by atoms with van der Waals surface area (Å²) in [4.78, 5) is 0.217. The van der Waals surface area contributed by atoms with Gasteiger partial charge < -0.3 is 0 Å². The maximum Gasteiger partial charge on any atom is 0.268 e. The summed E-state index contributed by atoms with van der Waals surface area (Å²) in [5.41, 5.74) is 1.87. The summed E-state index contributed by atoms with van der Waals surface area (Å²) in [6.07, 6.45) is 1.51. The molecule has 22 heavy (non-hydrogen) atoms. The van der Waals surface area contributed by atoms with Crippen LogP contribution in [0.15, 0.2) is 58.0 Å². The number of aryl methyl sites for hydroxylation is 1. The number of rotatable bonds is 2. The lowest BCUT2D eigenvalue weighted by molar-refractivity contribution is 0.589. The van der Waals surface area contributed by atoms with E-state index in [4.69, 9.17) is 5.26 Å². The summed E-state index contributed by atoms with van der Waals surface area (Å²) in [6, 6.07) is 13.7. The number of benzene rings is 2. The Morgan fingerprint density at radius 2 is 1.82 bits per heavy atom. The smallest absolute Gasteiger partial charge is 0.241 e. The Balaban J connectivity index is 2.28. The highest BCUT2D eigenvalue weighted by Crippen LogP contribution is 2.29. The minimum atomic E-state index is -3.69. The normalized spacial score (nSPS) is 11.5. The van der Waals surface area contributed by atoms with Gasteiger partial charge in [-0.1, -0.05) is 33.6 Å². The van der Waals surface area contributed by atoms with Crippen molar-refractivity contribution in [3.05, 3.63) is 64.3 Å². The third-order valence-corrected chi connectivity index (χ3v) is 5.79. The molecule has 0 spiro atoms. The van der Waals surface area contributed by atoms with Crippen LogP contribution in [0.4, 0.5) is 0 Å². The molecule has 0 N–H and O–H groups in total. The van der Waals surface area contributed by atoms with Crippen LogP contribution in [0.3, 0.4) is 0 Å². The monoisotopic (exact) mass is 374 g/mol. The van der Waals surface area contributed by atoms with Crippen molar-refractivity contribution in [1.82, 2.24) is 3.97 Å². The highest BCUT2D eigenvalue weighted by Gasteiger charge is 2.19. The zero-order valence-electron chi connectivity index (χ0n) is 11.6. The number of nitriles is 1. The van der Waals surface area contributed by atoms with Crippen molar-refractivity contribution >= 4 is 36.9 Å². The molecule has 0 radical (unpaired) electrons. The molecule has 0 bridgehead atoms. The second kappa shape index (κ2) is 5.27.